The molecule has 2 unspecified atom stereocenters. The second-order valence-electron chi connectivity index (χ2n) is 5.20. The topological polar surface area (TPSA) is 42.1 Å². The molecule has 0 amide bonds. The van der Waals surface area contributed by atoms with Crippen molar-refractivity contribution in [2.75, 3.05) is 11.9 Å². The van der Waals surface area contributed by atoms with Gasteiger partial charge in [-0.15, -0.1) is 11.3 Å². The number of aromatic nitrogens is 1. The van der Waals surface area contributed by atoms with Gasteiger partial charge in [-0.3, -0.25) is 0 Å². The van der Waals surface area contributed by atoms with Gasteiger partial charge in [0.05, 0.1) is 6.04 Å². The molecule has 2 aromatic rings. The molecule has 0 aromatic carbocycles. The van der Waals surface area contributed by atoms with Gasteiger partial charge in [0.25, 0.3) is 0 Å². The summed E-state index contributed by atoms with van der Waals surface area (Å²) in [5, 5.41) is 2.11. The summed E-state index contributed by atoms with van der Waals surface area (Å²) in [6.45, 7) is 4.32. The van der Waals surface area contributed by atoms with Gasteiger partial charge in [-0.2, -0.15) is 0 Å². The van der Waals surface area contributed by atoms with Crippen molar-refractivity contribution in [1.29, 1.82) is 0 Å². The zero-order valence-electron chi connectivity index (χ0n) is 12.4. The first-order chi connectivity index (χ1) is 9.61. The molecule has 2 aromatic heterocycles. The highest BCUT2D eigenvalue weighted by Gasteiger charge is 2.14. The highest BCUT2D eigenvalue weighted by molar-refractivity contribution is 7.10. The van der Waals surface area contributed by atoms with E-state index in [1.165, 1.54) is 10.4 Å². The summed E-state index contributed by atoms with van der Waals surface area (Å²) in [6, 6.07) is 9.04. The van der Waals surface area contributed by atoms with Gasteiger partial charge >= 0.3 is 0 Å². The lowest BCUT2D eigenvalue weighted by Crippen LogP contribution is -2.23. The Morgan fingerprint density at radius 2 is 2.15 bits per heavy atom. The first kappa shape index (κ1) is 15.0. The van der Waals surface area contributed by atoms with Gasteiger partial charge in [-0.1, -0.05) is 19.1 Å². The predicted octanol–water partition coefficient (Wildman–Crippen LogP) is 3.62. The lowest BCUT2D eigenvalue weighted by atomic mass is 10.1. The Morgan fingerprint density at radius 3 is 2.70 bits per heavy atom. The summed E-state index contributed by atoms with van der Waals surface area (Å²) in [6.07, 6.45) is 3.84. The monoisotopic (exact) mass is 289 g/mol. The Labute approximate surface area is 125 Å². The molecule has 0 saturated heterocycles. The maximum absolute atomic E-state index is 5.98. The van der Waals surface area contributed by atoms with Gasteiger partial charge in [0, 0.05) is 24.2 Å². The maximum atomic E-state index is 5.98. The van der Waals surface area contributed by atoms with Crippen LogP contribution >= 0.6 is 11.3 Å². The van der Waals surface area contributed by atoms with Crippen LogP contribution in [-0.2, 0) is 6.42 Å². The van der Waals surface area contributed by atoms with Crippen molar-refractivity contribution in [1.82, 2.24) is 4.98 Å². The molecule has 0 spiro atoms. The molecule has 0 fully saturated rings. The van der Waals surface area contributed by atoms with Crippen LogP contribution in [0.25, 0.3) is 0 Å². The molecule has 3 nitrogen and oxygen atoms in total. The minimum Gasteiger partial charge on any atom is -0.352 e. The van der Waals surface area contributed by atoms with E-state index in [1.54, 1.807) is 11.3 Å². The van der Waals surface area contributed by atoms with Crippen molar-refractivity contribution >= 4 is 17.2 Å². The van der Waals surface area contributed by atoms with Gasteiger partial charge in [-0.25, -0.2) is 4.98 Å². The number of hydrogen-bond acceptors (Lipinski definition) is 4. The van der Waals surface area contributed by atoms with E-state index in [0.717, 1.165) is 18.7 Å². The third-order valence-corrected chi connectivity index (χ3v) is 4.77. The third-order valence-electron chi connectivity index (χ3n) is 3.73. The van der Waals surface area contributed by atoms with Crippen LogP contribution in [0.4, 0.5) is 5.82 Å². The molecule has 108 valence electrons. The summed E-state index contributed by atoms with van der Waals surface area (Å²) >= 11 is 1.78. The van der Waals surface area contributed by atoms with Crippen LogP contribution in [0.2, 0.25) is 0 Å². The molecular weight excluding hydrogens is 266 g/mol. The SMILES string of the molecule is CCC(N)Cc1ccc(N(C)C(C)c2cccs2)nc1. The van der Waals surface area contributed by atoms with E-state index in [9.17, 15) is 0 Å². The van der Waals surface area contributed by atoms with Gasteiger partial charge in [0.15, 0.2) is 0 Å². The summed E-state index contributed by atoms with van der Waals surface area (Å²) in [5.41, 5.74) is 7.19. The maximum Gasteiger partial charge on any atom is 0.128 e. The van der Waals surface area contributed by atoms with Crippen molar-refractivity contribution in [3.05, 3.63) is 46.3 Å². The van der Waals surface area contributed by atoms with Gasteiger partial charge in [-0.05, 0) is 42.8 Å². The fraction of sp³-hybridized carbons (Fsp3) is 0.438. The first-order valence-electron chi connectivity index (χ1n) is 7.08. The van der Waals surface area contributed by atoms with E-state index in [1.807, 2.05) is 6.20 Å². The standard InChI is InChI=1S/C16H23N3S/c1-4-14(17)10-13-7-8-16(18-11-13)19(3)12(2)15-6-5-9-20-15/h5-9,11-12,14H,4,10,17H2,1-3H3. The Kier molecular flexibility index (Phi) is 5.15. The van der Waals surface area contributed by atoms with Crippen LogP contribution in [0.3, 0.4) is 0 Å². The predicted molar refractivity (Wildman–Crippen MR) is 87.3 cm³/mol. The van der Waals surface area contributed by atoms with E-state index in [0.29, 0.717) is 6.04 Å². The highest BCUT2D eigenvalue weighted by atomic mass is 32.1. The summed E-state index contributed by atoms with van der Waals surface area (Å²) < 4.78 is 0. The molecule has 0 aliphatic carbocycles. The molecule has 4 heteroatoms. The minimum atomic E-state index is 0.227. The molecule has 2 N–H and O–H groups in total. The van der Waals surface area contributed by atoms with Gasteiger partial charge < -0.3 is 10.6 Å². The third kappa shape index (κ3) is 3.58. The molecule has 20 heavy (non-hydrogen) atoms. The number of rotatable bonds is 6. The van der Waals surface area contributed by atoms with Crippen LogP contribution in [0.1, 0.15) is 36.8 Å². The largest absolute Gasteiger partial charge is 0.352 e. The lowest BCUT2D eigenvalue weighted by molar-refractivity contribution is 0.644. The fourth-order valence-corrected chi connectivity index (χ4v) is 2.94. The molecule has 2 heterocycles. The Hall–Kier alpha value is -1.39. The normalized spacial score (nSPS) is 14.0. The van der Waals surface area contributed by atoms with Crippen LogP contribution < -0.4 is 10.6 Å². The molecule has 0 aliphatic rings. The van der Waals surface area contributed by atoms with E-state index in [4.69, 9.17) is 5.73 Å². The van der Waals surface area contributed by atoms with E-state index < -0.39 is 0 Å². The average Bonchev–Trinajstić information content (AvgIpc) is 3.00. The number of pyridine rings is 1. The van der Waals surface area contributed by atoms with Crippen LogP contribution in [0.15, 0.2) is 35.8 Å². The van der Waals surface area contributed by atoms with E-state index in [-0.39, 0.29) is 6.04 Å². The molecular formula is C16H23N3S. The second-order valence-corrected chi connectivity index (χ2v) is 6.18. The van der Waals surface area contributed by atoms with E-state index >= 15 is 0 Å². The fourth-order valence-electron chi connectivity index (χ4n) is 2.11. The van der Waals surface area contributed by atoms with Gasteiger partial charge in [0.2, 0.25) is 0 Å². The van der Waals surface area contributed by atoms with Crippen molar-refractivity contribution in [2.24, 2.45) is 5.73 Å². The number of hydrogen-bond donors (Lipinski definition) is 1. The molecule has 0 bridgehead atoms. The Balaban J connectivity index is 2.05. The zero-order chi connectivity index (χ0) is 14.5. The van der Waals surface area contributed by atoms with Gasteiger partial charge in [0.1, 0.15) is 5.82 Å². The Bertz CT molecular complexity index is 507. The Morgan fingerprint density at radius 1 is 1.35 bits per heavy atom. The van der Waals surface area contributed by atoms with Crippen molar-refractivity contribution in [2.45, 2.75) is 38.8 Å². The molecule has 0 saturated carbocycles. The number of thiophene rings is 1. The quantitative estimate of drug-likeness (QED) is 0.883. The minimum absolute atomic E-state index is 0.227. The number of nitrogens with zero attached hydrogens (tertiary/aromatic N) is 2. The summed E-state index contributed by atoms with van der Waals surface area (Å²) in [7, 11) is 2.09. The van der Waals surface area contributed by atoms with Crippen LogP contribution in [0.5, 0.6) is 0 Å². The average molecular weight is 289 g/mol. The molecule has 0 radical (unpaired) electrons. The highest BCUT2D eigenvalue weighted by Crippen LogP contribution is 2.26. The lowest BCUT2D eigenvalue weighted by Gasteiger charge is -2.25. The van der Waals surface area contributed by atoms with Crippen molar-refractivity contribution in [3.63, 3.8) is 0 Å². The number of nitrogens with two attached hydrogens (primary N) is 1. The molecule has 2 rings (SSSR count). The van der Waals surface area contributed by atoms with Crippen molar-refractivity contribution in [3.8, 4) is 0 Å². The van der Waals surface area contributed by atoms with Crippen LogP contribution in [0, 0.1) is 0 Å². The smallest absolute Gasteiger partial charge is 0.128 e. The zero-order valence-corrected chi connectivity index (χ0v) is 13.2. The van der Waals surface area contributed by atoms with E-state index in [2.05, 4.69) is 60.4 Å². The molecule has 0 aliphatic heterocycles. The number of anilines is 1. The second kappa shape index (κ2) is 6.86. The molecule has 2 atom stereocenters. The van der Waals surface area contributed by atoms with Crippen molar-refractivity contribution < 1.29 is 0 Å². The first-order valence-corrected chi connectivity index (χ1v) is 7.96. The van der Waals surface area contributed by atoms with Crippen LogP contribution in [-0.4, -0.2) is 18.1 Å². The summed E-state index contributed by atoms with van der Waals surface area (Å²) in [5.74, 6) is 1.000. The summed E-state index contributed by atoms with van der Waals surface area (Å²) in [4.78, 5) is 8.13.